The van der Waals surface area contributed by atoms with Crippen LogP contribution in [0.1, 0.15) is 36.6 Å². The lowest BCUT2D eigenvalue weighted by atomic mass is 9.98. The monoisotopic (exact) mass is 355 g/mol. The minimum Gasteiger partial charge on any atom is -0.493 e. The molecule has 2 heterocycles. The molecular formula is C20H25N3O3. The molecule has 2 N–H and O–H groups in total. The number of carbonyl (C=O) groups excluding carboxylic acids is 1. The lowest BCUT2D eigenvalue weighted by Crippen LogP contribution is -2.33. The molecule has 0 aliphatic carbocycles. The van der Waals surface area contributed by atoms with Crippen molar-refractivity contribution in [1.82, 2.24) is 9.88 Å². The Labute approximate surface area is 153 Å². The predicted molar refractivity (Wildman–Crippen MR) is 98.9 cm³/mol. The Kier molecular flexibility index (Phi) is 6.07. The van der Waals surface area contributed by atoms with Crippen molar-refractivity contribution in [3.05, 3.63) is 53.9 Å². The highest BCUT2D eigenvalue weighted by molar-refractivity contribution is 5.75. The summed E-state index contributed by atoms with van der Waals surface area (Å²) >= 11 is 0. The molecule has 138 valence electrons. The van der Waals surface area contributed by atoms with E-state index in [4.69, 9.17) is 15.2 Å². The number of nitrogens with two attached hydrogens (primary N) is 1. The van der Waals surface area contributed by atoms with E-state index in [1.54, 1.807) is 7.11 Å². The molecule has 1 fully saturated rings. The highest BCUT2D eigenvalue weighted by Gasteiger charge is 2.25. The number of rotatable bonds is 7. The third-order valence-corrected chi connectivity index (χ3v) is 4.63. The second kappa shape index (κ2) is 8.67. The summed E-state index contributed by atoms with van der Waals surface area (Å²) < 4.78 is 10.8. The van der Waals surface area contributed by atoms with Crippen molar-refractivity contribution in [3.63, 3.8) is 0 Å². The molecule has 1 aliphatic heterocycles. The molecule has 1 aliphatic rings. The summed E-state index contributed by atoms with van der Waals surface area (Å²) in [5.41, 5.74) is 7.40. The highest BCUT2D eigenvalue weighted by Crippen LogP contribution is 2.33. The zero-order valence-electron chi connectivity index (χ0n) is 15.1. The minimum atomic E-state index is -0.511. The summed E-state index contributed by atoms with van der Waals surface area (Å²) in [6.07, 6.45) is 5.39. The molecule has 1 aromatic carbocycles. The summed E-state index contributed by atoms with van der Waals surface area (Å²) in [4.78, 5) is 17.9. The Morgan fingerprint density at radius 1 is 1.27 bits per heavy atom. The second-order valence-electron chi connectivity index (χ2n) is 6.48. The molecule has 3 rings (SSSR count). The lowest BCUT2D eigenvalue weighted by Gasteiger charge is -2.35. The molecule has 6 nitrogen and oxygen atoms in total. The molecular weight excluding hydrogens is 330 g/mol. The quantitative estimate of drug-likeness (QED) is 0.826. The Bertz CT molecular complexity index is 736. The number of aromatic nitrogens is 1. The fraction of sp³-hybridized carbons (Fsp3) is 0.400. The van der Waals surface area contributed by atoms with E-state index in [1.165, 1.54) is 12.8 Å². The van der Waals surface area contributed by atoms with Crippen LogP contribution in [-0.2, 0) is 11.3 Å². The molecule has 1 aromatic heterocycles. The number of hydrogen-bond donors (Lipinski definition) is 1. The fourth-order valence-corrected chi connectivity index (χ4v) is 3.40. The fourth-order valence-electron chi connectivity index (χ4n) is 3.40. The Morgan fingerprint density at radius 3 is 2.88 bits per heavy atom. The molecule has 0 saturated carbocycles. The number of pyridine rings is 1. The van der Waals surface area contributed by atoms with E-state index in [-0.39, 0.29) is 6.61 Å². The van der Waals surface area contributed by atoms with Gasteiger partial charge in [-0.25, -0.2) is 0 Å². The number of methoxy groups -OCH3 is 1. The average molecular weight is 355 g/mol. The molecule has 1 saturated heterocycles. The number of amides is 1. The maximum Gasteiger partial charge on any atom is 0.255 e. The van der Waals surface area contributed by atoms with E-state index in [1.807, 2.05) is 36.5 Å². The molecule has 1 atom stereocenters. The number of hydrogen-bond acceptors (Lipinski definition) is 5. The van der Waals surface area contributed by atoms with Gasteiger partial charge in [0.25, 0.3) is 5.91 Å². The zero-order valence-corrected chi connectivity index (χ0v) is 15.1. The van der Waals surface area contributed by atoms with E-state index in [9.17, 15) is 4.79 Å². The van der Waals surface area contributed by atoms with Gasteiger partial charge >= 0.3 is 0 Å². The van der Waals surface area contributed by atoms with Gasteiger partial charge in [-0.2, -0.15) is 0 Å². The smallest absolute Gasteiger partial charge is 0.255 e. The first-order valence-corrected chi connectivity index (χ1v) is 8.90. The van der Waals surface area contributed by atoms with Crippen molar-refractivity contribution < 1.29 is 14.3 Å². The van der Waals surface area contributed by atoms with Gasteiger partial charge in [-0.1, -0.05) is 18.6 Å². The number of benzene rings is 1. The number of primary amides is 1. The van der Waals surface area contributed by atoms with Crippen molar-refractivity contribution in [2.45, 2.75) is 31.8 Å². The van der Waals surface area contributed by atoms with Crippen LogP contribution in [0, 0.1) is 0 Å². The van der Waals surface area contributed by atoms with E-state index in [0.29, 0.717) is 17.5 Å². The molecule has 2 aromatic rings. The topological polar surface area (TPSA) is 77.7 Å². The van der Waals surface area contributed by atoms with Crippen LogP contribution in [0.4, 0.5) is 0 Å². The molecule has 26 heavy (non-hydrogen) atoms. The van der Waals surface area contributed by atoms with Gasteiger partial charge in [-0.15, -0.1) is 0 Å². The van der Waals surface area contributed by atoms with Gasteiger partial charge in [0.1, 0.15) is 0 Å². The van der Waals surface area contributed by atoms with E-state index in [0.717, 1.165) is 30.8 Å². The van der Waals surface area contributed by atoms with Crippen LogP contribution >= 0.6 is 0 Å². The van der Waals surface area contributed by atoms with Crippen LogP contribution in [0.5, 0.6) is 11.5 Å². The lowest BCUT2D eigenvalue weighted by molar-refractivity contribution is -0.119. The van der Waals surface area contributed by atoms with E-state index in [2.05, 4.69) is 16.0 Å². The average Bonchev–Trinajstić information content (AvgIpc) is 2.68. The third-order valence-electron chi connectivity index (χ3n) is 4.63. The summed E-state index contributed by atoms with van der Waals surface area (Å²) in [6.45, 7) is 1.70. The summed E-state index contributed by atoms with van der Waals surface area (Å²) in [7, 11) is 1.59. The van der Waals surface area contributed by atoms with Crippen molar-refractivity contribution in [2.75, 3.05) is 20.3 Å². The van der Waals surface area contributed by atoms with Gasteiger partial charge in [-0.05, 0) is 49.2 Å². The first-order chi connectivity index (χ1) is 12.7. The van der Waals surface area contributed by atoms with E-state index < -0.39 is 5.91 Å². The number of carbonyl (C=O) groups is 1. The van der Waals surface area contributed by atoms with Crippen molar-refractivity contribution in [2.24, 2.45) is 5.73 Å². The Hall–Kier alpha value is -2.60. The standard InChI is InChI=1S/C20H25N3O3/c1-25-19-12-15(8-9-18(19)26-14-20(21)24)13-23-11-5-3-7-17(23)16-6-2-4-10-22-16/h2,4,6,8-10,12,17H,3,5,7,11,13-14H2,1H3,(H2,21,24)/t17-/m1/s1. The molecule has 0 radical (unpaired) electrons. The van der Waals surface area contributed by atoms with Gasteiger partial charge in [0.05, 0.1) is 18.8 Å². The van der Waals surface area contributed by atoms with Crippen molar-refractivity contribution >= 4 is 5.91 Å². The molecule has 6 heteroatoms. The second-order valence-corrected chi connectivity index (χ2v) is 6.48. The largest absolute Gasteiger partial charge is 0.493 e. The number of piperidine rings is 1. The van der Waals surface area contributed by atoms with Gasteiger partial charge in [0.2, 0.25) is 0 Å². The first kappa shape index (κ1) is 18.2. The minimum absolute atomic E-state index is 0.163. The van der Waals surface area contributed by atoms with Crippen molar-refractivity contribution in [1.29, 1.82) is 0 Å². The Morgan fingerprint density at radius 2 is 2.15 bits per heavy atom. The van der Waals surface area contributed by atoms with Crippen LogP contribution in [0.25, 0.3) is 0 Å². The zero-order chi connectivity index (χ0) is 18.4. The van der Waals surface area contributed by atoms with E-state index >= 15 is 0 Å². The van der Waals surface area contributed by atoms with Gasteiger partial charge < -0.3 is 15.2 Å². The Balaban J connectivity index is 1.75. The van der Waals surface area contributed by atoms with Crippen LogP contribution < -0.4 is 15.2 Å². The summed E-state index contributed by atoms with van der Waals surface area (Å²) in [5.74, 6) is 0.618. The first-order valence-electron chi connectivity index (χ1n) is 8.90. The predicted octanol–water partition coefficient (Wildman–Crippen LogP) is 2.68. The third kappa shape index (κ3) is 4.52. The van der Waals surface area contributed by atoms with Crippen LogP contribution in [0.3, 0.4) is 0 Å². The summed E-state index contributed by atoms with van der Waals surface area (Å²) in [5, 5.41) is 0. The highest BCUT2D eigenvalue weighted by atomic mass is 16.5. The molecule has 0 unspecified atom stereocenters. The number of nitrogens with zero attached hydrogens (tertiary/aromatic N) is 2. The van der Waals surface area contributed by atoms with Gasteiger partial charge in [-0.3, -0.25) is 14.7 Å². The van der Waals surface area contributed by atoms with Crippen molar-refractivity contribution in [3.8, 4) is 11.5 Å². The molecule has 1 amide bonds. The molecule has 0 spiro atoms. The number of likely N-dealkylation sites (tertiary alicyclic amines) is 1. The summed E-state index contributed by atoms with van der Waals surface area (Å²) in [6, 6.07) is 12.2. The van der Waals surface area contributed by atoms with Gasteiger partial charge in [0.15, 0.2) is 18.1 Å². The van der Waals surface area contributed by atoms with Gasteiger partial charge in [0, 0.05) is 12.7 Å². The SMILES string of the molecule is COc1cc(CN2CCCC[C@@H]2c2ccccn2)ccc1OCC(N)=O. The normalized spacial score (nSPS) is 17.7. The maximum atomic E-state index is 10.9. The van der Waals surface area contributed by atoms with Crippen LogP contribution in [0.2, 0.25) is 0 Å². The van der Waals surface area contributed by atoms with Crippen LogP contribution in [-0.4, -0.2) is 36.1 Å². The maximum absolute atomic E-state index is 10.9. The number of ether oxygens (including phenoxy) is 2. The van der Waals surface area contributed by atoms with Crippen LogP contribution in [0.15, 0.2) is 42.6 Å². The molecule has 0 bridgehead atoms.